The first-order chi connectivity index (χ1) is 9.24. The third-order valence-corrected chi connectivity index (χ3v) is 2.17. The molecule has 9 heteroatoms. The lowest BCUT2D eigenvalue weighted by Crippen LogP contribution is -2.27. The number of alkyl halides is 2. The number of nitrogens with zero attached hydrogens (tertiary/aromatic N) is 2. The molecule has 0 saturated heterocycles. The van der Waals surface area contributed by atoms with E-state index in [1.54, 1.807) is 0 Å². The van der Waals surface area contributed by atoms with Gasteiger partial charge in [-0.15, -0.1) is 0 Å². The molecule has 0 radical (unpaired) electrons. The molecule has 0 unspecified atom stereocenters. The summed E-state index contributed by atoms with van der Waals surface area (Å²) in [7, 11) is 2.84. The van der Waals surface area contributed by atoms with Crippen molar-refractivity contribution in [1.29, 1.82) is 0 Å². The van der Waals surface area contributed by atoms with Gasteiger partial charge in [0.2, 0.25) is 6.41 Å². The van der Waals surface area contributed by atoms with Gasteiger partial charge in [-0.25, -0.2) is 24.9 Å². The smallest absolute Gasteiger partial charge is 0.264 e. The number of hydrogen-bond acceptors (Lipinski definition) is 5. The lowest BCUT2D eigenvalue weighted by molar-refractivity contribution is -0.117. The number of benzene rings is 1. The first-order valence-electron chi connectivity index (χ1n) is 5.37. The van der Waals surface area contributed by atoms with E-state index in [4.69, 9.17) is 16.8 Å². The van der Waals surface area contributed by atoms with Gasteiger partial charge in [0.05, 0.1) is 12.3 Å². The molecule has 0 bridgehead atoms. The third kappa shape index (κ3) is 5.43. The molecule has 1 aromatic carbocycles. The van der Waals surface area contributed by atoms with Gasteiger partial charge in [-0.1, -0.05) is 0 Å². The van der Waals surface area contributed by atoms with Crippen LogP contribution >= 0.6 is 0 Å². The highest BCUT2D eigenvalue weighted by Crippen LogP contribution is 2.30. The molecule has 0 spiro atoms. The highest BCUT2D eigenvalue weighted by Gasteiger charge is 2.18. The Morgan fingerprint density at radius 2 is 1.85 bits per heavy atom. The molecule has 0 aliphatic heterocycles. The molecule has 1 aromatic rings. The van der Waals surface area contributed by atoms with Crippen LogP contribution in [0.25, 0.3) is 0 Å². The minimum Gasteiger partial charge on any atom is -0.392 e. The van der Waals surface area contributed by atoms with Crippen LogP contribution in [0.3, 0.4) is 0 Å². The molecular formula is C11H17F3N4O2. The summed E-state index contributed by atoms with van der Waals surface area (Å²) in [5.74, 6) is 9.29. The van der Waals surface area contributed by atoms with Crippen molar-refractivity contribution in [1.82, 2.24) is 5.01 Å². The zero-order chi connectivity index (χ0) is 15.9. The maximum atomic E-state index is 13.0. The molecule has 0 aromatic heterocycles. The highest BCUT2D eigenvalue weighted by atomic mass is 19.3. The van der Waals surface area contributed by atoms with E-state index in [-0.39, 0.29) is 11.3 Å². The maximum Gasteiger partial charge on any atom is 0.264 e. The van der Waals surface area contributed by atoms with Gasteiger partial charge in [0, 0.05) is 25.2 Å². The Bertz CT molecular complexity index is 413. The van der Waals surface area contributed by atoms with Gasteiger partial charge in [-0.3, -0.25) is 9.80 Å². The van der Waals surface area contributed by atoms with Crippen molar-refractivity contribution in [3.05, 3.63) is 29.1 Å². The lowest BCUT2D eigenvalue weighted by Gasteiger charge is -2.18. The molecule has 1 rings (SSSR count). The monoisotopic (exact) mass is 294 g/mol. The van der Waals surface area contributed by atoms with E-state index in [0.29, 0.717) is 12.5 Å². The van der Waals surface area contributed by atoms with E-state index in [1.807, 2.05) is 0 Å². The quantitative estimate of drug-likeness (QED) is 0.325. The number of hydrazine groups is 2. The number of aliphatic hydroxyl groups excluding tert-OH is 1. The molecule has 0 atom stereocenters. The number of aliphatic hydroxyl groups is 1. The largest absolute Gasteiger partial charge is 0.392 e. The fourth-order valence-electron chi connectivity index (χ4n) is 1.32. The summed E-state index contributed by atoms with van der Waals surface area (Å²) in [6.45, 7) is -0.614. The van der Waals surface area contributed by atoms with Crippen LogP contribution in [-0.2, 0) is 11.4 Å². The van der Waals surface area contributed by atoms with Crippen molar-refractivity contribution < 1.29 is 23.1 Å². The number of amides is 1. The number of rotatable bonds is 4. The molecule has 114 valence electrons. The van der Waals surface area contributed by atoms with Crippen molar-refractivity contribution >= 4 is 12.1 Å². The molecule has 20 heavy (non-hydrogen) atoms. The second-order valence-corrected chi connectivity index (χ2v) is 3.83. The summed E-state index contributed by atoms with van der Waals surface area (Å²) in [5.41, 5.74) is -0.547. The van der Waals surface area contributed by atoms with E-state index in [9.17, 15) is 18.0 Å². The molecule has 0 fully saturated rings. The molecule has 0 aliphatic carbocycles. The predicted molar refractivity (Wildman–Crippen MR) is 67.9 cm³/mol. The normalized spacial score (nSPS) is 9.85. The Morgan fingerprint density at radius 3 is 2.15 bits per heavy atom. The van der Waals surface area contributed by atoms with Crippen molar-refractivity contribution in [2.24, 2.45) is 11.7 Å². The van der Waals surface area contributed by atoms with Crippen molar-refractivity contribution in [2.45, 2.75) is 13.0 Å². The van der Waals surface area contributed by atoms with Gasteiger partial charge in [0.15, 0.2) is 0 Å². The number of anilines is 1. The van der Waals surface area contributed by atoms with Crippen molar-refractivity contribution in [2.75, 3.05) is 19.1 Å². The fraction of sp³-hybridized carbons (Fsp3) is 0.364. The van der Waals surface area contributed by atoms with E-state index < -0.39 is 24.4 Å². The third-order valence-electron chi connectivity index (χ3n) is 2.17. The Balaban J connectivity index is 0.000000621. The topological polar surface area (TPSA) is 95.8 Å². The lowest BCUT2D eigenvalue weighted by atomic mass is 10.1. The number of hydrogen-bond donors (Lipinski definition) is 3. The van der Waals surface area contributed by atoms with Gasteiger partial charge in [0.25, 0.3) is 6.43 Å². The summed E-state index contributed by atoms with van der Waals surface area (Å²) < 4.78 is 38.0. The minimum absolute atomic E-state index is 0.0489. The summed E-state index contributed by atoms with van der Waals surface area (Å²) in [4.78, 5) is 9.31. The summed E-state index contributed by atoms with van der Waals surface area (Å²) in [6.07, 6.45) is -2.32. The van der Waals surface area contributed by atoms with Gasteiger partial charge >= 0.3 is 0 Å². The standard InChI is InChI=1S/C9H11F3N2O.C2H6N2O/c1-14(13)8-3-5(10)2-6(9(11)12)7(8)4-15;1-4(3)2-5/h2-3,9,15H,4,13H2,1H3;2H,3H2,1H3. The molecule has 0 aliphatic rings. The van der Waals surface area contributed by atoms with Crippen LogP contribution in [0.5, 0.6) is 0 Å². The predicted octanol–water partition coefficient (Wildman–Crippen LogP) is 0.514. The fourth-order valence-corrected chi connectivity index (χ4v) is 1.32. The summed E-state index contributed by atoms with van der Waals surface area (Å²) in [6, 6.07) is 1.70. The molecule has 6 nitrogen and oxygen atoms in total. The number of halogens is 3. The van der Waals surface area contributed by atoms with Crippen LogP contribution < -0.4 is 16.7 Å². The van der Waals surface area contributed by atoms with E-state index >= 15 is 0 Å². The second kappa shape index (κ2) is 8.35. The zero-order valence-electron chi connectivity index (χ0n) is 11.1. The Hall–Kier alpha value is -1.84. The molecule has 0 heterocycles. The van der Waals surface area contributed by atoms with Crippen LogP contribution in [0.1, 0.15) is 17.6 Å². The van der Waals surface area contributed by atoms with E-state index in [0.717, 1.165) is 16.1 Å². The Labute approximate surface area is 114 Å². The van der Waals surface area contributed by atoms with Crippen LogP contribution in [0.4, 0.5) is 18.9 Å². The average Bonchev–Trinajstić information content (AvgIpc) is 2.38. The van der Waals surface area contributed by atoms with Crippen molar-refractivity contribution in [3.63, 3.8) is 0 Å². The van der Waals surface area contributed by atoms with Gasteiger partial charge in [-0.05, 0) is 12.1 Å². The van der Waals surface area contributed by atoms with Crippen LogP contribution in [0.2, 0.25) is 0 Å². The highest BCUT2D eigenvalue weighted by molar-refractivity contribution is 5.55. The van der Waals surface area contributed by atoms with Gasteiger partial charge < -0.3 is 10.1 Å². The van der Waals surface area contributed by atoms with Crippen LogP contribution in [-0.4, -0.2) is 30.6 Å². The zero-order valence-corrected chi connectivity index (χ0v) is 11.1. The van der Waals surface area contributed by atoms with E-state index in [2.05, 4.69) is 0 Å². The molecular weight excluding hydrogens is 277 g/mol. The average molecular weight is 294 g/mol. The van der Waals surface area contributed by atoms with Crippen LogP contribution in [0, 0.1) is 5.82 Å². The van der Waals surface area contributed by atoms with Gasteiger partial charge in [-0.2, -0.15) is 0 Å². The first kappa shape index (κ1) is 18.2. The van der Waals surface area contributed by atoms with Crippen molar-refractivity contribution in [3.8, 4) is 0 Å². The Kier molecular flexibility index (Phi) is 7.59. The maximum absolute atomic E-state index is 13.0. The first-order valence-corrected chi connectivity index (χ1v) is 5.37. The summed E-state index contributed by atoms with van der Waals surface area (Å²) >= 11 is 0. The van der Waals surface area contributed by atoms with Gasteiger partial charge in [0.1, 0.15) is 5.82 Å². The SMILES string of the molecule is CN(N)C=O.CN(N)c1cc(F)cc(C(F)F)c1CO. The van der Waals surface area contributed by atoms with E-state index in [1.165, 1.54) is 14.1 Å². The molecule has 5 N–H and O–H groups in total. The Morgan fingerprint density at radius 1 is 1.35 bits per heavy atom. The minimum atomic E-state index is -2.85. The van der Waals surface area contributed by atoms with Crippen LogP contribution in [0.15, 0.2) is 12.1 Å². The number of nitrogens with two attached hydrogens (primary N) is 2. The number of carbonyl (C=O) groups excluding carboxylic acids is 1. The summed E-state index contributed by atoms with van der Waals surface area (Å²) in [5, 5.41) is 10.9. The molecule has 1 amide bonds. The number of carbonyl (C=O) groups is 1. The molecule has 0 saturated carbocycles. The second-order valence-electron chi connectivity index (χ2n) is 3.83.